The van der Waals surface area contributed by atoms with E-state index in [-0.39, 0.29) is 18.0 Å². The second-order valence-electron chi connectivity index (χ2n) is 6.05. The summed E-state index contributed by atoms with van der Waals surface area (Å²) < 4.78 is 28.6. The summed E-state index contributed by atoms with van der Waals surface area (Å²) in [4.78, 5) is 16.7. The molecule has 1 N–H and O–H groups in total. The fourth-order valence-electron chi connectivity index (χ4n) is 2.75. The average molecular weight is 452 g/mol. The van der Waals surface area contributed by atoms with Gasteiger partial charge in [0.1, 0.15) is 0 Å². The van der Waals surface area contributed by atoms with Gasteiger partial charge in [-0.2, -0.15) is 4.31 Å². The van der Waals surface area contributed by atoms with Gasteiger partial charge in [-0.15, -0.1) is 10.2 Å². The molecule has 1 aromatic carbocycles. The molecule has 0 saturated heterocycles. The number of carbonyl (C=O) groups is 1. The van der Waals surface area contributed by atoms with Crippen molar-refractivity contribution in [3.63, 3.8) is 0 Å². The molecule has 3 rings (SSSR count). The summed E-state index contributed by atoms with van der Waals surface area (Å²) in [5, 5.41) is 12.2. The van der Waals surface area contributed by atoms with Crippen LogP contribution in [0.25, 0.3) is 10.8 Å². The Morgan fingerprint density at radius 2 is 2.07 bits per heavy atom. The molecule has 0 aliphatic heterocycles. The van der Waals surface area contributed by atoms with Gasteiger partial charge in [-0.1, -0.05) is 49.1 Å². The molecule has 0 aliphatic rings. The highest BCUT2D eigenvalue weighted by Gasteiger charge is 2.28. The molecule has 0 atom stereocenters. The number of anilines is 1. The van der Waals surface area contributed by atoms with E-state index in [1.807, 2.05) is 13.8 Å². The second kappa shape index (κ2) is 9.61. The van der Waals surface area contributed by atoms with E-state index in [2.05, 4.69) is 20.5 Å². The smallest absolute Gasteiger partial charge is 0.244 e. The van der Waals surface area contributed by atoms with Crippen molar-refractivity contribution >= 4 is 54.9 Å². The Hall–Kier alpha value is -2.08. The molecule has 2 heterocycles. The first-order valence-electron chi connectivity index (χ1n) is 9.04. The highest BCUT2D eigenvalue weighted by Crippen LogP contribution is 2.27. The molecule has 0 bridgehead atoms. The number of thioether (sulfide) groups is 1. The molecule has 0 spiro atoms. The third kappa shape index (κ3) is 5.10. The van der Waals surface area contributed by atoms with Gasteiger partial charge >= 0.3 is 0 Å². The molecule has 3 aromatic rings. The topological polar surface area (TPSA) is 105 Å². The summed E-state index contributed by atoms with van der Waals surface area (Å²) in [6, 6.07) is 6.70. The van der Waals surface area contributed by atoms with E-state index < -0.39 is 15.9 Å². The van der Waals surface area contributed by atoms with Crippen molar-refractivity contribution in [2.75, 3.05) is 24.2 Å². The molecule has 1 amide bonds. The number of rotatable bonds is 9. The average Bonchev–Trinajstić information content (AvgIpc) is 3.14. The van der Waals surface area contributed by atoms with E-state index >= 15 is 0 Å². The van der Waals surface area contributed by atoms with Gasteiger partial charge in [0.2, 0.25) is 21.1 Å². The van der Waals surface area contributed by atoms with Crippen LogP contribution in [-0.4, -0.2) is 52.7 Å². The zero-order valence-electron chi connectivity index (χ0n) is 16.0. The highest BCUT2D eigenvalue weighted by atomic mass is 32.2. The largest absolute Gasteiger partial charge is 0.299 e. The molecule has 0 aliphatic carbocycles. The van der Waals surface area contributed by atoms with Crippen LogP contribution in [0.5, 0.6) is 0 Å². The lowest BCUT2D eigenvalue weighted by Gasteiger charge is -2.21. The van der Waals surface area contributed by atoms with Gasteiger partial charge < -0.3 is 0 Å². The third-order valence-corrected chi connectivity index (χ3v) is 7.73. The quantitative estimate of drug-likeness (QED) is 0.393. The first-order valence-corrected chi connectivity index (χ1v) is 12.3. The lowest BCUT2D eigenvalue weighted by atomic mass is 10.2. The maximum absolute atomic E-state index is 13.3. The molecule has 11 heteroatoms. The zero-order valence-corrected chi connectivity index (χ0v) is 18.5. The number of carbonyl (C=O) groups excluding carboxylic acids is 1. The first kappa shape index (κ1) is 21.6. The van der Waals surface area contributed by atoms with Crippen LogP contribution in [-0.2, 0) is 14.8 Å². The van der Waals surface area contributed by atoms with Crippen LogP contribution in [0.1, 0.15) is 20.3 Å². The van der Waals surface area contributed by atoms with E-state index in [1.54, 1.807) is 36.7 Å². The normalized spacial score (nSPS) is 11.8. The van der Waals surface area contributed by atoms with E-state index in [4.69, 9.17) is 0 Å². The van der Waals surface area contributed by atoms with Gasteiger partial charge in [-0.25, -0.2) is 8.42 Å². The second-order valence-corrected chi connectivity index (χ2v) is 10.4. The SMILES string of the molecule is CCCN(CC(=O)Nc1nnc(SCC)s1)S(=O)(=O)c1cccc2cnccc12. The van der Waals surface area contributed by atoms with E-state index in [1.165, 1.54) is 27.4 Å². The van der Waals surface area contributed by atoms with Crippen LogP contribution in [0.15, 0.2) is 45.9 Å². The van der Waals surface area contributed by atoms with Gasteiger partial charge in [-0.3, -0.25) is 15.1 Å². The lowest BCUT2D eigenvalue weighted by Crippen LogP contribution is -2.38. The third-order valence-electron chi connectivity index (χ3n) is 3.97. The van der Waals surface area contributed by atoms with E-state index in [0.29, 0.717) is 16.9 Å². The number of fused-ring (bicyclic) bond motifs is 1. The number of hydrogen-bond acceptors (Lipinski definition) is 8. The number of pyridine rings is 1. The van der Waals surface area contributed by atoms with E-state index in [0.717, 1.165) is 15.5 Å². The van der Waals surface area contributed by atoms with Gasteiger partial charge in [0.25, 0.3) is 0 Å². The molecular weight excluding hydrogens is 430 g/mol. The number of nitrogens with zero attached hydrogens (tertiary/aromatic N) is 4. The Balaban J connectivity index is 1.83. The first-order chi connectivity index (χ1) is 14.0. The van der Waals surface area contributed by atoms with Crippen molar-refractivity contribution in [2.45, 2.75) is 29.5 Å². The minimum Gasteiger partial charge on any atom is -0.299 e. The Morgan fingerprint density at radius 1 is 1.24 bits per heavy atom. The molecule has 2 aromatic heterocycles. The van der Waals surface area contributed by atoms with Crippen LogP contribution in [0.3, 0.4) is 0 Å². The summed E-state index contributed by atoms with van der Waals surface area (Å²) in [5.41, 5.74) is 0. The molecule has 0 radical (unpaired) electrons. The maximum Gasteiger partial charge on any atom is 0.244 e. The predicted octanol–water partition coefficient (Wildman–Crippen LogP) is 3.24. The van der Waals surface area contributed by atoms with Crippen LogP contribution in [0, 0.1) is 0 Å². The summed E-state index contributed by atoms with van der Waals surface area (Å²) >= 11 is 2.80. The van der Waals surface area contributed by atoms with Crippen LogP contribution < -0.4 is 5.32 Å². The Kier molecular flexibility index (Phi) is 7.17. The van der Waals surface area contributed by atoms with E-state index in [9.17, 15) is 13.2 Å². The Labute approximate surface area is 177 Å². The van der Waals surface area contributed by atoms with Gasteiger partial charge in [0, 0.05) is 29.7 Å². The fraction of sp³-hybridized carbons (Fsp3) is 0.333. The van der Waals surface area contributed by atoms with Crippen LogP contribution in [0.2, 0.25) is 0 Å². The highest BCUT2D eigenvalue weighted by molar-refractivity contribution is 8.01. The number of benzene rings is 1. The van der Waals surface area contributed by atoms with Crippen molar-refractivity contribution in [1.29, 1.82) is 0 Å². The van der Waals surface area contributed by atoms with Gasteiger partial charge in [0.05, 0.1) is 11.4 Å². The summed E-state index contributed by atoms with van der Waals surface area (Å²) in [6.07, 6.45) is 3.75. The number of nitrogens with one attached hydrogen (secondary N) is 1. The molecule has 0 fully saturated rings. The minimum absolute atomic E-state index is 0.163. The fourth-order valence-corrected chi connectivity index (χ4v) is 6.12. The molecule has 154 valence electrons. The number of aromatic nitrogens is 3. The molecule has 0 saturated carbocycles. The van der Waals surface area contributed by atoms with Crippen molar-refractivity contribution in [3.05, 3.63) is 36.7 Å². The van der Waals surface area contributed by atoms with Crippen molar-refractivity contribution in [2.24, 2.45) is 0 Å². The maximum atomic E-state index is 13.3. The monoisotopic (exact) mass is 451 g/mol. The lowest BCUT2D eigenvalue weighted by molar-refractivity contribution is -0.116. The van der Waals surface area contributed by atoms with Crippen LogP contribution in [0.4, 0.5) is 5.13 Å². The van der Waals surface area contributed by atoms with Gasteiger partial charge in [0.15, 0.2) is 4.34 Å². The van der Waals surface area contributed by atoms with Gasteiger partial charge in [-0.05, 0) is 24.3 Å². The standard InChI is InChI=1S/C18H21N5O3S3/c1-3-10-23(12-16(24)20-17-21-22-18(28-17)27-4-2)29(25,26)15-7-5-6-13-11-19-9-8-14(13)15/h5-9,11H,3-4,10,12H2,1-2H3,(H,20,21,24). The number of amides is 1. The number of hydrogen-bond donors (Lipinski definition) is 1. The van der Waals surface area contributed by atoms with Crippen LogP contribution >= 0.6 is 23.1 Å². The molecule has 8 nitrogen and oxygen atoms in total. The summed E-state index contributed by atoms with van der Waals surface area (Å²) in [6.45, 7) is 3.80. The number of sulfonamides is 1. The van der Waals surface area contributed by atoms with Crippen molar-refractivity contribution in [1.82, 2.24) is 19.5 Å². The molecule has 0 unspecified atom stereocenters. The minimum atomic E-state index is -3.87. The summed E-state index contributed by atoms with van der Waals surface area (Å²) in [7, 11) is -3.87. The Bertz CT molecular complexity index is 1100. The van der Waals surface area contributed by atoms with Crippen molar-refractivity contribution < 1.29 is 13.2 Å². The summed E-state index contributed by atoms with van der Waals surface area (Å²) in [5.74, 6) is 0.402. The predicted molar refractivity (Wildman–Crippen MR) is 116 cm³/mol. The molecule has 29 heavy (non-hydrogen) atoms. The Morgan fingerprint density at radius 3 is 2.83 bits per heavy atom. The molecular formula is C18H21N5O3S3. The zero-order chi connectivity index (χ0) is 20.9. The van der Waals surface area contributed by atoms with Crippen molar-refractivity contribution in [3.8, 4) is 0 Å².